The molecule has 4 N–H and O–H groups in total. The number of nitrogens with zero attached hydrogens (tertiary/aromatic N) is 2. The summed E-state index contributed by atoms with van der Waals surface area (Å²) in [5.74, 6) is -1.59. The Morgan fingerprint density at radius 1 is 0.978 bits per heavy atom. The number of anilines is 1. The van der Waals surface area contributed by atoms with E-state index in [2.05, 4.69) is 22.5 Å². The van der Waals surface area contributed by atoms with Gasteiger partial charge in [-0.15, -0.1) is 12.4 Å². The minimum atomic E-state index is -1.04. The van der Waals surface area contributed by atoms with Crippen molar-refractivity contribution in [2.45, 2.75) is 88.9 Å². The molecule has 2 saturated heterocycles. The third kappa shape index (κ3) is 7.68. The highest BCUT2D eigenvalue weighted by molar-refractivity contribution is 6.04. The molecule has 45 heavy (non-hydrogen) atoms. The minimum Gasteiger partial charge on any atom is -0.478 e. The molecule has 10 nitrogen and oxygen atoms in total. The number of carboxylic acids is 1. The summed E-state index contributed by atoms with van der Waals surface area (Å²) in [7, 11) is 0. The van der Waals surface area contributed by atoms with Gasteiger partial charge in [0.2, 0.25) is 11.8 Å². The number of unbranched alkanes of at least 4 members (excludes halogenated alkanes) is 1. The van der Waals surface area contributed by atoms with E-state index in [1.54, 1.807) is 4.90 Å². The van der Waals surface area contributed by atoms with Gasteiger partial charge in [-0.2, -0.15) is 0 Å². The van der Waals surface area contributed by atoms with Crippen LogP contribution in [0.5, 0.6) is 0 Å². The fourth-order valence-electron chi connectivity index (χ4n) is 6.96. The Balaban J connectivity index is 0.00000461. The fourth-order valence-corrected chi connectivity index (χ4v) is 6.96. The number of halogens is 1. The second kappa shape index (κ2) is 15.2. The molecule has 244 valence electrons. The number of aliphatic hydroxyl groups excluding tert-OH is 1. The number of carbonyl (C=O) groups excluding carboxylic acids is 3. The van der Waals surface area contributed by atoms with Gasteiger partial charge in [0, 0.05) is 37.4 Å². The van der Waals surface area contributed by atoms with Crippen LogP contribution < -0.4 is 10.6 Å². The van der Waals surface area contributed by atoms with Crippen molar-refractivity contribution in [3.8, 4) is 0 Å². The number of piperidine rings is 1. The van der Waals surface area contributed by atoms with Crippen molar-refractivity contribution in [2.24, 2.45) is 5.92 Å². The number of amides is 3. The molecule has 2 atom stereocenters. The highest BCUT2D eigenvalue weighted by Gasteiger charge is 2.55. The lowest BCUT2D eigenvalue weighted by Crippen LogP contribution is -2.75. The first-order valence-electron chi connectivity index (χ1n) is 16.0. The maximum absolute atomic E-state index is 13.8. The molecule has 2 heterocycles. The summed E-state index contributed by atoms with van der Waals surface area (Å²) in [5.41, 5.74) is 1.30. The van der Waals surface area contributed by atoms with E-state index in [4.69, 9.17) is 5.11 Å². The molecular formula is C34H45ClN4O6. The second-order valence-electron chi connectivity index (χ2n) is 12.5. The maximum atomic E-state index is 13.8. The molecule has 0 aromatic heterocycles. The molecular weight excluding hydrogens is 596 g/mol. The molecule has 2 aliphatic heterocycles. The molecule has 3 aliphatic rings. The molecule has 1 aliphatic carbocycles. The predicted molar refractivity (Wildman–Crippen MR) is 173 cm³/mol. The van der Waals surface area contributed by atoms with Crippen molar-refractivity contribution < 1.29 is 29.4 Å². The highest BCUT2D eigenvalue weighted by Crippen LogP contribution is 2.36. The summed E-state index contributed by atoms with van der Waals surface area (Å²) >= 11 is 0. The highest BCUT2D eigenvalue weighted by atomic mass is 35.5. The molecule has 0 radical (unpaired) electrons. The molecule has 2 aromatic rings. The average molecular weight is 641 g/mol. The summed E-state index contributed by atoms with van der Waals surface area (Å²) in [6.45, 7) is 4.59. The molecule has 0 unspecified atom stereocenters. The minimum absolute atomic E-state index is 0. The Hall–Kier alpha value is -3.47. The van der Waals surface area contributed by atoms with Gasteiger partial charge in [0.05, 0.1) is 11.7 Å². The summed E-state index contributed by atoms with van der Waals surface area (Å²) < 4.78 is 0. The Kier molecular flexibility index (Phi) is 11.6. The monoisotopic (exact) mass is 640 g/mol. The van der Waals surface area contributed by atoms with Crippen molar-refractivity contribution in [1.82, 2.24) is 15.1 Å². The van der Waals surface area contributed by atoms with E-state index in [1.807, 2.05) is 24.3 Å². The molecule has 5 rings (SSSR count). The smallest absolute Gasteiger partial charge is 0.335 e. The van der Waals surface area contributed by atoms with Crippen molar-refractivity contribution in [3.63, 3.8) is 0 Å². The first-order chi connectivity index (χ1) is 21.2. The molecule has 1 spiro atoms. The van der Waals surface area contributed by atoms with Gasteiger partial charge in [-0.1, -0.05) is 44.7 Å². The molecule has 3 amide bonds. The quantitative estimate of drug-likeness (QED) is 0.301. The van der Waals surface area contributed by atoms with Gasteiger partial charge in [0.25, 0.3) is 5.91 Å². The lowest BCUT2D eigenvalue weighted by atomic mass is 9.78. The largest absolute Gasteiger partial charge is 0.478 e. The van der Waals surface area contributed by atoms with Crippen LogP contribution in [0.4, 0.5) is 5.69 Å². The first-order valence-corrected chi connectivity index (χ1v) is 16.0. The van der Waals surface area contributed by atoms with E-state index in [0.29, 0.717) is 50.3 Å². The number of nitrogens with one attached hydrogen (secondary N) is 2. The van der Waals surface area contributed by atoms with E-state index >= 15 is 0 Å². The van der Waals surface area contributed by atoms with Crippen LogP contribution in [0.2, 0.25) is 0 Å². The number of aliphatic hydroxyl groups is 1. The SMILES string of the molecule is CCCCN1C(=O)[C@@H]([C@H](O)C2CCCCC2)NC(=O)C12CCN(Cc1ccc(NC(=O)c3ccc(C(=O)O)cc3)cc1)CC2.Cl. The zero-order valence-electron chi connectivity index (χ0n) is 25.9. The van der Waals surface area contributed by atoms with E-state index in [-0.39, 0.29) is 41.6 Å². The third-order valence-electron chi connectivity index (χ3n) is 9.66. The second-order valence-corrected chi connectivity index (χ2v) is 12.5. The topological polar surface area (TPSA) is 139 Å². The van der Waals surface area contributed by atoms with Crippen LogP contribution in [0.1, 0.15) is 91.0 Å². The average Bonchev–Trinajstić information content (AvgIpc) is 3.04. The number of carboxylic acid groups (broad SMARTS) is 1. The van der Waals surface area contributed by atoms with Crippen molar-refractivity contribution in [2.75, 3.05) is 25.0 Å². The van der Waals surface area contributed by atoms with Gasteiger partial charge >= 0.3 is 5.97 Å². The normalized spacial score (nSPS) is 21.1. The number of likely N-dealkylation sites (tertiary alicyclic amines) is 1. The lowest BCUT2D eigenvalue weighted by molar-refractivity contribution is -0.166. The van der Waals surface area contributed by atoms with Crippen molar-refractivity contribution in [1.29, 1.82) is 0 Å². The van der Waals surface area contributed by atoms with Crippen LogP contribution in [-0.4, -0.2) is 81.0 Å². The Bertz CT molecular complexity index is 1340. The first kappa shape index (κ1) is 34.4. The third-order valence-corrected chi connectivity index (χ3v) is 9.66. The van der Waals surface area contributed by atoms with Gasteiger partial charge in [-0.3, -0.25) is 19.3 Å². The summed E-state index contributed by atoms with van der Waals surface area (Å²) in [6, 6.07) is 12.5. The zero-order chi connectivity index (χ0) is 31.3. The van der Waals surface area contributed by atoms with Gasteiger partial charge in [-0.05, 0) is 80.0 Å². The van der Waals surface area contributed by atoms with Crippen LogP contribution in [0, 0.1) is 5.92 Å². The Labute approximate surface area is 271 Å². The lowest BCUT2D eigenvalue weighted by Gasteiger charge is -2.52. The van der Waals surface area contributed by atoms with Gasteiger partial charge in [-0.25, -0.2) is 4.79 Å². The Morgan fingerprint density at radius 2 is 1.60 bits per heavy atom. The molecule has 0 bridgehead atoms. The summed E-state index contributed by atoms with van der Waals surface area (Å²) in [6.07, 6.45) is 7.00. The number of carbonyl (C=O) groups is 4. The van der Waals surface area contributed by atoms with E-state index < -0.39 is 23.7 Å². The van der Waals surface area contributed by atoms with Gasteiger partial charge < -0.3 is 25.7 Å². The number of hydrogen-bond acceptors (Lipinski definition) is 6. The van der Waals surface area contributed by atoms with E-state index in [1.165, 1.54) is 24.3 Å². The van der Waals surface area contributed by atoms with Crippen LogP contribution in [0.25, 0.3) is 0 Å². The standard InChI is InChI=1S/C34H44N4O6.ClH/c1-2-3-19-38-31(41)28(29(39)24-7-5-4-6-8-24)36-33(44)34(38)17-20-37(21-18-34)22-23-9-15-27(16-10-23)35-30(40)25-11-13-26(14-12-25)32(42)43;/h9-16,24,28-29,39H,2-8,17-22H2,1H3,(H,35,40)(H,36,44)(H,42,43);1H/t28-,29-;/m1./s1. The Morgan fingerprint density at radius 3 is 2.20 bits per heavy atom. The maximum Gasteiger partial charge on any atom is 0.335 e. The van der Waals surface area contributed by atoms with Crippen LogP contribution >= 0.6 is 12.4 Å². The van der Waals surface area contributed by atoms with Crippen molar-refractivity contribution in [3.05, 3.63) is 65.2 Å². The number of benzene rings is 2. The molecule has 3 fully saturated rings. The predicted octanol–water partition coefficient (Wildman–Crippen LogP) is 4.46. The summed E-state index contributed by atoms with van der Waals surface area (Å²) in [5, 5.41) is 26.0. The van der Waals surface area contributed by atoms with E-state index in [9.17, 15) is 24.3 Å². The van der Waals surface area contributed by atoms with Crippen LogP contribution in [-0.2, 0) is 16.1 Å². The number of hydrogen-bond donors (Lipinski definition) is 4. The van der Waals surface area contributed by atoms with Gasteiger partial charge in [0.1, 0.15) is 11.6 Å². The van der Waals surface area contributed by atoms with Crippen LogP contribution in [0.15, 0.2) is 48.5 Å². The fraction of sp³-hybridized carbons (Fsp3) is 0.529. The number of piperazine rings is 1. The van der Waals surface area contributed by atoms with Crippen molar-refractivity contribution >= 4 is 41.8 Å². The number of rotatable bonds is 10. The molecule has 1 saturated carbocycles. The van der Waals surface area contributed by atoms with Crippen LogP contribution in [0.3, 0.4) is 0 Å². The molecule has 11 heteroatoms. The zero-order valence-corrected chi connectivity index (χ0v) is 26.7. The molecule has 2 aromatic carbocycles. The number of aromatic carboxylic acids is 1. The van der Waals surface area contributed by atoms with E-state index in [0.717, 1.165) is 50.5 Å². The van der Waals surface area contributed by atoms with Gasteiger partial charge in [0.15, 0.2) is 0 Å². The summed E-state index contributed by atoms with van der Waals surface area (Å²) in [4.78, 5) is 55.3.